The third kappa shape index (κ3) is 1.90. The highest BCUT2D eigenvalue weighted by Crippen LogP contribution is 2.38. The van der Waals surface area contributed by atoms with Crippen LogP contribution in [-0.2, 0) is 0 Å². The van der Waals surface area contributed by atoms with Gasteiger partial charge in [0.05, 0.1) is 5.57 Å². The fourth-order valence-corrected chi connectivity index (χ4v) is 2.73. The van der Waals surface area contributed by atoms with E-state index in [0.717, 1.165) is 21.2 Å². The van der Waals surface area contributed by atoms with Crippen LogP contribution in [0.5, 0.6) is 0 Å². The number of carbonyl (C=O) groups is 1. The lowest BCUT2D eigenvalue weighted by atomic mass is 9.99. The van der Waals surface area contributed by atoms with E-state index in [9.17, 15) is 9.90 Å². The second kappa shape index (κ2) is 4.60. The summed E-state index contributed by atoms with van der Waals surface area (Å²) in [6.07, 6.45) is 0. The van der Waals surface area contributed by atoms with Gasteiger partial charge in [0.15, 0.2) is 5.78 Å². The van der Waals surface area contributed by atoms with Gasteiger partial charge in [-0.05, 0) is 54.8 Å². The monoisotopic (exact) mass is 328 g/mol. The average molecular weight is 329 g/mol. The van der Waals surface area contributed by atoms with Gasteiger partial charge in [0, 0.05) is 15.6 Å². The van der Waals surface area contributed by atoms with Gasteiger partial charge in [-0.3, -0.25) is 4.79 Å². The van der Waals surface area contributed by atoms with E-state index in [2.05, 4.69) is 15.9 Å². The molecule has 0 fully saturated rings. The zero-order chi connectivity index (χ0) is 14.4. The summed E-state index contributed by atoms with van der Waals surface area (Å²) in [6.45, 7) is 3.95. The second-order valence-electron chi connectivity index (χ2n) is 5.04. The molecule has 0 saturated heterocycles. The summed E-state index contributed by atoms with van der Waals surface area (Å²) >= 11 is 3.37. The van der Waals surface area contributed by atoms with E-state index in [1.807, 2.05) is 50.2 Å². The number of allylic oxidation sites excluding steroid dienone is 1. The molecule has 0 bridgehead atoms. The standard InChI is InChI=1S/C17H13BrO2/c1-9-7-13-14(8-10(9)2)17(20)15(16(13)19)11-3-5-12(18)6-4-11/h3-8,19H,1-2H3. The van der Waals surface area contributed by atoms with Crippen LogP contribution in [0.25, 0.3) is 11.3 Å². The Bertz CT molecular complexity index is 755. The molecule has 0 heterocycles. The number of ketones is 1. The Morgan fingerprint density at radius 3 is 2.10 bits per heavy atom. The van der Waals surface area contributed by atoms with Crippen molar-refractivity contribution in [3.8, 4) is 0 Å². The quantitative estimate of drug-likeness (QED) is 0.824. The third-order valence-corrected chi connectivity index (χ3v) is 4.26. The first-order valence-electron chi connectivity index (χ1n) is 6.34. The molecule has 0 amide bonds. The molecule has 0 unspecified atom stereocenters. The minimum Gasteiger partial charge on any atom is -0.507 e. The lowest BCUT2D eigenvalue weighted by Gasteiger charge is -2.04. The molecule has 0 radical (unpaired) electrons. The lowest BCUT2D eigenvalue weighted by molar-refractivity contribution is 0.105. The van der Waals surface area contributed by atoms with E-state index in [-0.39, 0.29) is 11.5 Å². The number of halogens is 1. The van der Waals surface area contributed by atoms with Gasteiger partial charge in [-0.15, -0.1) is 0 Å². The number of aryl methyl sites for hydroxylation is 2. The molecule has 1 N–H and O–H groups in total. The predicted octanol–water partition coefficient (Wildman–Crippen LogP) is 4.69. The molecule has 2 aromatic rings. The largest absolute Gasteiger partial charge is 0.507 e. The van der Waals surface area contributed by atoms with Crippen molar-refractivity contribution in [1.82, 2.24) is 0 Å². The number of carbonyl (C=O) groups excluding carboxylic acids is 1. The van der Waals surface area contributed by atoms with E-state index >= 15 is 0 Å². The van der Waals surface area contributed by atoms with Gasteiger partial charge in [-0.25, -0.2) is 0 Å². The van der Waals surface area contributed by atoms with Crippen molar-refractivity contribution in [2.24, 2.45) is 0 Å². The van der Waals surface area contributed by atoms with Crippen molar-refractivity contribution < 1.29 is 9.90 Å². The number of aliphatic hydroxyl groups excluding tert-OH is 1. The van der Waals surface area contributed by atoms with Crippen molar-refractivity contribution in [3.63, 3.8) is 0 Å². The van der Waals surface area contributed by atoms with Crippen LogP contribution >= 0.6 is 15.9 Å². The summed E-state index contributed by atoms with van der Waals surface area (Å²) in [7, 11) is 0. The Morgan fingerprint density at radius 2 is 1.50 bits per heavy atom. The molecular weight excluding hydrogens is 316 g/mol. The summed E-state index contributed by atoms with van der Waals surface area (Å²) in [5.41, 5.74) is 4.47. The molecule has 2 nitrogen and oxygen atoms in total. The van der Waals surface area contributed by atoms with Crippen LogP contribution in [0.4, 0.5) is 0 Å². The number of benzene rings is 2. The van der Waals surface area contributed by atoms with Crippen molar-refractivity contribution in [3.05, 3.63) is 68.7 Å². The Labute approximate surface area is 125 Å². The Morgan fingerprint density at radius 1 is 0.950 bits per heavy atom. The topological polar surface area (TPSA) is 37.3 Å². The minimum atomic E-state index is -0.108. The van der Waals surface area contributed by atoms with E-state index in [0.29, 0.717) is 16.7 Å². The zero-order valence-corrected chi connectivity index (χ0v) is 12.8. The third-order valence-electron chi connectivity index (χ3n) is 3.73. The Balaban J connectivity index is 2.19. The van der Waals surface area contributed by atoms with E-state index < -0.39 is 0 Å². The molecule has 3 rings (SSSR count). The maximum Gasteiger partial charge on any atom is 0.198 e. The molecule has 0 atom stereocenters. The smallest absolute Gasteiger partial charge is 0.198 e. The van der Waals surface area contributed by atoms with Gasteiger partial charge < -0.3 is 5.11 Å². The molecule has 0 saturated carbocycles. The zero-order valence-electron chi connectivity index (χ0n) is 11.2. The molecule has 20 heavy (non-hydrogen) atoms. The van der Waals surface area contributed by atoms with Crippen molar-refractivity contribution in [2.75, 3.05) is 0 Å². The summed E-state index contributed by atoms with van der Waals surface area (Å²) in [6, 6.07) is 11.1. The Kier molecular flexibility index (Phi) is 3.02. The van der Waals surface area contributed by atoms with Crippen LogP contribution in [0.3, 0.4) is 0 Å². The first-order chi connectivity index (χ1) is 9.49. The van der Waals surface area contributed by atoms with Gasteiger partial charge in [0.25, 0.3) is 0 Å². The van der Waals surface area contributed by atoms with Gasteiger partial charge in [0.2, 0.25) is 0 Å². The highest BCUT2D eigenvalue weighted by Gasteiger charge is 2.31. The second-order valence-corrected chi connectivity index (χ2v) is 5.96. The summed E-state index contributed by atoms with van der Waals surface area (Å²) < 4.78 is 0.941. The van der Waals surface area contributed by atoms with Gasteiger partial charge >= 0.3 is 0 Å². The molecule has 0 spiro atoms. The van der Waals surface area contributed by atoms with Crippen molar-refractivity contribution in [1.29, 1.82) is 0 Å². The molecule has 0 aromatic heterocycles. The number of aliphatic hydroxyl groups is 1. The van der Waals surface area contributed by atoms with E-state index in [1.165, 1.54) is 0 Å². The minimum absolute atomic E-state index is 0.0791. The molecular formula is C17H13BrO2. The van der Waals surface area contributed by atoms with Crippen LogP contribution in [0.2, 0.25) is 0 Å². The van der Waals surface area contributed by atoms with Crippen LogP contribution in [-0.4, -0.2) is 10.9 Å². The molecule has 3 heteroatoms. The maximum atomic E-state index is 12.5. The average Bonchev–Trinajstić information content (AvgIpc) is 2.65. The van der Waals surface area contributed by atoms with E-state index in [4.69, 9.17) is 0 Å². The number of hydrogen-bond acceptors (Lipinski definition) is 2. The van der Waals surface area contributed by atoms with E-state index in [1.54, 1.807) is 0 Å². The van der Waals surface area contributed by atoms with Gasteiger partial charge in [-0.2, -0.15) is 0 Å². The van der Waals surface area contributed by atoms with Gasteiger partial charge in [-0.1, -0.05) is 28.1 Å². The normalized spacial score (nSPS) is 13.8. The molecule has 2 aromatic carbocycles. The first kappa shape index (κ1) is 13.1. The summed E-state index contributed by atoms with van der Waals surface area (Å²) in [5, 5.41) is 10.4. The predicted molar refractivity (Wildman–Crippen MR) is 83.8 cm³/mol. The summed E-state index contributed by atoms with van der Waals surface area (Å²) in [5.74, 6) is -0.0293. The number of fused-ring (bicyclic) bond motifs is 1. The van der Waals surface area contributed by atoms with Crippen molar-refractivity contribution >= 4 is 33.0 Å². The SMILES string of the molecule is Cc1cc2c(cc1C)C(O)=C(c1ccc(Br)cc1)C2=O. The van der Waals surface area contributed by atoms with Crippen LogP contribution in [0, 0.1) is 13.8 Å². The fraction of sp³-hybridized carbons (Fsp3) is 0.118. The highest BCUT2D eigenvalue weighted by molar-refractivity contribution is 9.10. The molecule has 1 aliphatic rings. The van der Waals surface area contributed by atoms with Crippen molar-refractivity contribution in [2.45, 2.75) is 13.8 Å². The molecule has 1 aliphatic carbocycles. The lowest BCUT2D eigenvalue weighted by Crippen LogP contribution is -1.99. The number of Topliss-reactive ketones (excluding diaryl/α,β-unsaturated/α-hetero) is 1. The maximum absolute atomic E-state index is 12.5. The van der Waals surface area contributed by atoms with Gasteiger partial charge in [0.1, 0.15) is 5.76 Å². The van der Waals surface area contributed by atoms with Crippen LogP contribution in [0.15, 0.2) is 40.9 Å². The molecule has 0 aliphatic heterocycles. The first-order valence-corrected chi connectivity index (χ1v) is 7.14. The van der Waals surface area contributed by atoms with Crippen LogP contribution < -0.4 is 0 Å². The number of rotatable bonds is 1. The molecule has 100 valence electrons. The highest BCUT2D eigenvalue weighted by atomic mass is 79.9. The number of hydrogen-bond donors (Lipinski definition) is 1. The fourth-order valence-electron chi connectivity index (χ4n) is 2.46. The summed E-state index contributed by atoms with van der Waals surface area (Å²) in [4.78, 5) is 12.5. The Hall–Kier alpha value is -1.87. The van der Waals surface area contributed by atoms with Crippen LogP contribution in [0.1, 0.15) is 32.6 Å².